The van der Waals surface area contributed by atoms with Crippen LogP contribution < -0.4 is 5.73 Å². The van der Waals surface area contributed by atoms with Gasteiger partial charge in [0.1, 0.15) is 0 Å². The van der Waals surface area contributed by atoms with Crippen molar-refractivity contribution in [1.82, 2.24) is 0 Å². The van der Waals surface area contributed by atoms with Crippen LogP contribution in [0.2, 0.25) is 0 Å². The molecule has 1 saturated carbocycles. The zero-order valence-corrected chi connectivity index (χ0v) is 10.3. The monoisotopic (exact) mass is 197 g/mol. The van der Waals surface area contributed by atoms with Gasteiger partial charge in [-0.25, -0.2) is 0 Å². The molecular weight excluding hydrogens is 170 g/mol. The Morgan fingerprint density at radius 2 is 1.79 bits per heavy atom. The summed E-state index contributed by atoms with van der Waals surface area (Å²) in [7, 11) is 0. The van der Waals surface area contributed by atoms with Gasteiger partial charge in [-0.2, -0.15) is 0 Å². The van der Waals surface area contributed by atoms with Gasteiger partial charge in [0.15, 0.2) is 0 Å². The van der Waals surface area contributed by atoms with Crippen LogP contribution in [0.5, 0.6) is 0 Å². The summed E-state index contributed by atoms with van der Waals surface area (Å²) in [5.41, 5.74) is 6.66. The fourth-order valence-corrected chi connectivity index (χ4v) is 3.33. The molecule has 2 N–H and O–H groups in total. The lowest BCUT2D eigenvalue weighted by molar-refractivity contribution is 0.155. The summed E-state index contributed by atoms with van der Waals surface area (Å²) >= 11 is 0. The smallest absolute Gasteiger partial charge is 0.0162 e. The van der Waals surface area contributed by atoms with Gasteiger partial charge in [0.2, 0.25) is 0 Å². The molecule has 0 aromatic carbocycles. The topological polar surface area (TPSA) is 26.0 Å². The predicted molar refractivity (Wildman–Crippen MR) is 63.2 cm³/mol. The molecule has 3 unspecified atom stereocenters. The highest BCUT2D eigenvalue weighted by Crippen LogP contribution is 2.38. The zero-order valence-electron chi connectivity index (χ0n) is 10.3. The second kappa shape index (κ2) is 4.65. The van der Waals surface area contributed by atoms with Crippen molar-refractivity contribution in [3.8, 4) is 0 Å². The Bertz CT molecular complexity index is 166. The molecule has 3 atom stereocenters. The van der Waals surface area contributed by atoms with Gasteiger partial charge in [0, 0.05) is 5.54 Å². The molecule has 1 heteroatoms. The van der Waals surface area contributed by atoms with Crippen molar-refractivity contribution >= 4 is 0 Å². The first kappa shape index (κ1) is 12.0. The number of nitrogens with two attached hydrogens (primary N) is 1. The molecule has 0 aliphatic heterocycles. The lowest BCUT2D eigenvalue weighted by atomic mass is 9.69. The molecule has 0 aromatic rings. The second-order valence-electron chi connectivity index (χ2n) is 5.93. The van der Waals surface area contributed by atoms with Crippen molar-refractivity contribution in [2.75, 3.05) is 0 Å². The SMILES string of the molecule is CCC(C)CC1(N)CC(C)CC(C)C1. The molecule has 0 saturated heterocycles. The molecule has 0 aromatic heterocycles. The molecule has 0 radical (unpaired) electrons. The third-order valence-corrected chi connectivity index (χ3v) is 3.77. The molecule has 0 bridgehead atoms. The molecule has 84 valence electrons. The Morgan fingerprint density at radius 3 is 2.21 bits per heavy atom. The number of rotatable bonds is 3. The summed E-state index contributed by atoms with van der Waals surface area (Å²) in [6, 6.07) is 0. The van der Waals surface area contributed by atoms with Gasteiger partial charge in [0.25, 0.3) is 0 Å². The molecule has 1 aliphatic carbocycles. The number of hydrogen-bond acceptors (Lipinski definition) is 1. The first-order valence-electron chi connectivity index (χ1n) is 6.24. The predicted octanol–water partition coefficient (Wildman–Crippen LogP) is 3.58. The van der Waals surface area contributed by atoms with Gasteiger partial charge < -0.3 is 5.73 Å². The van der Waals surface area contributed by atoms with E-state index in [2.05, 4.69) is 27.7 Å². The van der Waals surface area contributed by atoms with Gasteiger partial charge in [-0.05, 0) is 43.4 Å². The van der Waals surface area contributed by atoms with E-state index in [4.69, 9.17) is 5.73 Å². The summed E-state index contributed by atoms with van der Waals surface area (Å²) < 4.78 is 0. The molecule has 1 fully saturated rings. The summed E-state index contributed by atoms with van der Waals surface area (Å²) in [6.45, 7) is 9.31. The summed E-state index contributed by atoms with van der Waals surface area (Å²) in [5, 5.41) is 0. The summed E-state index contributed by atoms with van der Waals surface area (Å²) in [5.74, 6) is 2.44. The van der Waals surface area contributed by atoms with Gasteiger partial charge >= 0.3 is 0 Å². The Balaban J connectivity index is 2.54. The van der Waals surface area contributed by atoms with Gasteiger partial charge in [0.05, 0.1) is 0 Å². The molecule has 14 heavy (non-hydrogen) atoms. The third-order valence-electron chi connectivity index (χ3n) is 3.77. The second-order valence-corrected chi connectivity index (χ2v) is 5.93. The molecule has 1 nitrogen and oxygen atoms in total. The summed E-state index contributed by atoms with van der Waals surface area (Å²) in [4.78, 5) is 0. The normalized spacial score (nSPS) is 40.9. The first-order chi connectivity index (χ1) is 6.45. The van der Waals surface area contributed by atoms with Gasteiger partial charge in [-0.3, -0.25) is 0 Å². The average Bonchev–Trinajstić information content (AvgIpc) is 2.00. The lowest BCUT2D eigenvalue weighted by Crippen LogP contribution is -2.47. The Labute approximate surface area is 89.5 Å². The maximum Gasteiger partial charge on any atom is 0.0162 e. The fraction of sp³-hybridized carbons (Fsp3) is 1.00. The van der Waals surface area contributed by atoms with E-state index in [1.54, 1.807) is 0 Å². The highest BCUT2D eigenvalue weighted by Gasteiger charge is 2.34. The molecule has 1 aliphatic rings. The van der Waals surface area contributed by atoms with E-state index < -0.39 is 0 Å². The van der Waals surface area contributed by atoms with E-state index in [1.165, 1.54) is 32.1 Å². The van der Waals surface area contributed by atoms with Crippen LogP contribution in [0.4, 0.5) is 0 Å². The minimum absolute atomic E-state index is 0.145. The van der Waals surface area contributed by atoms with E-state index >= 15 is 0 Å². The van der Waals surface area contributed by atoms with E-state index in [9.17, 15) is 0 Å². The van der Waals surface area contributed by atoms with Crippen LogP contribution in [-0.4, -0.2) is 5.54 Å². The highest BCUT2D eigenvalue weighted by molar-refractivity contribution is 4.92. The van der Waals surface area contributed by atoms with Crippen molar-refractivity contribution < 1.29 is 0 Å². The zero-order chi connectivity index (χ0) is 10.8. The lowest BCUT2D eigenvalue weighted by Gasteiger charge is -2.41. The molecule has 0 amide bonds. The maximum absolute atomic E-state index is 6.52. The van der Waals surface area contributed by atoms with Crippen LogP contribution in [0.3, 0.4) is 0 Å². The standard InChI is InChI=1S/C13H27N/c1-5-10(2)7-13(14)8-11(3)6-12(4)9-13/h10-12H,5-9,14H2,1-4H3. The molecule has 1 rings (SSSR count). The van der Waals surface area contributed by atoms with Crippen molar-refractivity contribution in [3.63, 3.8) is 0 Å². The van der Waals surface area contributed by atoms with E-state index in [0.717, 1.165) is 17.8 Å². The van der Waals surface area contributed by atoms with Gasteiger partial charge in [-0.1, -0.05) is 34.1 Å². The first-order valence-corrected chi connectivity index (χ1v) is 6.24. The molecule has 0 spiro atoms. The van der Waals surface area contributed by atoms with Crippen molar-refractivity contribution in [3.05, 3.63) is 0 Å². The van der Waals surface area contributed by atoms with Crippen LogP contribution in [-0.2, 0) is 0 Å². The number of hydrogen-bond donors (Lipinski definition) is 1. The van der Waals surface area contributed by atoms with E-state index in [1.807, 2.05) is 0 Å². The van der Waals surface area contributed by atoms with Crippen LogP contribution in [0.15, 0.2) is 0 Å². The highest BCUT2D eigenvalue weighted by atomic mass is 14.8. The van der Waals surface area contributed by atoms with Crippen LogP contribution in [0.1, 0.15) is 59.8 Å². The summed E-state index contributed by atoms with van der Waals surface area (Å²) in [6.07, 6.45) is 6.34. The van der Waals surface area contributed by atoms with Crippen LogP contribution in [0, 0.1) is 17.8 Å². The third kappa shape index (κ3) is 3.27. The molecule has 0 heterocycles. The maximum atomic E-state index is 6.52. The van der Waals surface area contributed by atoms with Crippen LogP contribution in [0.25, 0.3) is 0 Å². The van der Waals surface area contributed by atoms with Crippen molar-refractivity contribution in [1.29, 1.82) is 0 Å². The quantitative estimate of drug-likeness (QED) is 0.735. The van der Waals surface area contributed by atoms with E-state index in [0.29, 0.717) is 0 Å². The van der Waals surface area contributed by atoms with Crippen molar-refractivity contribution in [2.24, 2.45) is 23.5 Å². The largest absolute Gasteiger partial charge is 0.325 e. The fourth-order valence-electron chi connectivity index (χ4n) is 3.33. The molecular formula is C13H27N. The Morgan fingerprint density at radius 1 is 1.29 bits per heavy atom. The van der Waals surface area contributed by atoms with Crippen LogP contribution >= 0.6 is 0 Å². The average molecular weight is 197 g/mol. The Hall–Kier alpha value is -0.0400. The van der Waals surface area contributed by atoms with Gasteiger partial charge in [-0.15, -0.1) is 0 Å². The minimum Gasteiger partial charge on any atom is -0.325 e. The van der Waals surface area contributed by atoms with E-state index in [-0.39, 0.29) is 5.54 Å². The van der Waals surface area contributed by atoms with Crippen molar-refractivity contribution in [2.45, 2.75) is 65.3 Å². The minimum atomic E-state index is 0.145. The Kier molecular flexibility index (Phi) is 4.00.